The number of carbonyl (C=O) groups excluding carboxylic acids is 2. The van der Waals surface area contributed by atoms with Gasteiger partial charge in [-0.15, -0.1) is 0 Å². The van der Waals surface area contributed by atoms with Crippen molar-refractivity contribution in [3.8, 4) is 0 Å². The molecule has 2 aromatic rings. The molecule has 0 aromatic heterocycles. The van der Waals surface area contributed by atoms with E-state index in [9.17, 15) is 14.7 Å². The van der Waals surface area contributed by atoms with E-state index in [0.29, 0.717) is 5.56 Å². The molecule has 0 fully saturated rings. The van der Waals surface area contributed by atoms with E-state index in [1.807, 2.05) is 30.3 Å². The molecule has 0 radical (unpaired) electrons. The third-order valence-corrected chi connectivity index (χ3v) is 4.41. The van der Waals surface area contributed by atoms with Crippen LogP contribution in [0.2, 0.25) is 0 Å². The lowest BCUT2D eigenvalue weighted by molar-refractivity contribution is -0.123. The Kier molecular flexibility index (Phi) is 6.75. The van der Waals surface area contributed by atoms with Gasteiger partial charge in [0.25, 0.3) is 5.91 Å². The van der Waals surface area contributed by atoms with Gasteiger partial charge in [0.15, 0.2) is 0 Å². The smallest absolute Gasteiger partial charge is 0.251 e. The number of benzene rings is 2. The molecule has 2 aromatic carbocycles. The lowest BCUT2D eigenvalue weighted by atomic mass is 9.86. The van der Waals surface area contributed by atoms with Crippen LogP contribution in [0.15, 0.2) is 54.6 Å². The first kappa shape index (κ1) is 20.6. The highest BCUT2D eigenvalue weighted by atomic mass is 16.3. The van der Waals surface area contributed by atoms with Crippen LogP contribution in [0.1, 0.15) is 55.3 Å². The molecule has 0 bridgehead atoms. The van der Waals surface area contributed by atoms with Crippen molar-refractivity contribution >= 4 is 11.8 Å². The number of aliphatic hydroxyl groups is 1. The number of amides is 2. The molecule has 5 heteroatoms. The number of hydrogen-bond donors (Lipinski definition) is 3. The first-order chi connectivity index (χ1) is 12.7. The Morgan fingerprint density at radius 2 is 1.59 bits per heavy atom. The van der Waals surface area contributed by atoms with Crippen LogP contribution in [0.4, 0.5) is 0 Å². The van der Waals surface area contributed by atoms with Crippen molar-refractivity contribution in [1.82, 2.24) is 10.6 Å². The summed E-state index contributed by atoms with van der Waals surface area (Å²) in [6, 6.07) is 15.8. The highest BCUT2D eigenvalue weighted by Crippen LogP contribution is 2.22. The van der Waals surface area contributed by atoms with Gasteiger partial charge in [-0.3, -0.25) is 9.59 Å². The minimum absolute atomic E-state index is 0.0156. The Morgan fingerprint density at radius 3 is 2.15 bits per heavy atom. The zero-order valence-electron chi connectivity index (χ0n) is 16.3. The quantitative estimate of drug-likeness (QED) is 0.733. The van der Waals surface area contributed by atoms with E-state index >= 15 is 0 Å². The van der Waals surface area contributed by atoms with Gasteiger partial charge in [0.2, 0.25) is 5.91 Å². The van der Waals surface area contributed by atoms with Crippen molar-refractivity contribution in [2.75, 3.05) is 6.54 Å². The molecule has 0 heterocycles. The molecule has 0 saturated heterocycles. The molecule has 2 rings (SSSR count). The predicted molar refractivity (Wildman–Crippen MR) is 106 cm³/mol. The molecular weight excluding hydrogens is 340 g/mol. The van der Waals surface area contributed by atoms with Gasteiger partial charge in [0.1, 0.15) is 6.04 Å². The Hall–Kier alpha value is -2.66. The summed E-state index contributed by atoms with van der Waals surface area (Å²) in [7, 11) is 0. The normalized spacial score (nSPS) is 13.5. The number of hydrogen-bond acceptors (Lipinski definition) is 3. The summed E-state index contributed by atoms with van der Waals surface area (Å²) in [5.41, 5.74) is 2.39. The lowest BCUT2D eigenvalue weighted by Crippen LogP contribution is -2.45. The first-order valence-corrected chi connectivity index (χ1v) is 9.10. The van der Waals surface area contributed by atoms with Crippen LogP contribution >= 0.6 is 0 Å². The monoisotopic (exact) mass is 368 g/mol. The van der Waals surface area contributed by atoms with Crippen LogP contribution in [0.5, 0.6) is 0 Å². The topological polar surface area (TPSA) is 78.4 Å². The van der Waals surface area contributed by atoms with Crippen LogP contribution in [0.3, 0.4) is 0 Å². The standard InChI is InChI=1S/C22H28N2O3/c1-15(20(26)23-14-19(25)16-8-6-5-7-9-16)24-21(27)17-10-12-18(13-11-17)22(2,3)4/h5-13,15,19,25H,14H2,1-4H3,(H,23,26)(H,24,27)/t15-,19?/m0/s1. The molecular formula is C22H28N2O3. The Bertz CT molecular complexity index is 764. The van der Waals surface area contributed by atoms with Crippen LogP contribution in [-0.2, 0) is 10.2 Å². The molecule has 2 amide bonds. The second kappa shape index (κ2) is 8.82. The number of aliphatic hydroxyl groups excluding tert-OH is 1. The highest BCUT2D eigenvalue weighted by Gasteiger charge is 2.19. The second-order valence-corrected chi connectivity index (χ2v) is 7.69. The number of rotatable bonds is 6. The van der Waals surface area contributed by atoms with Crippen molar-refractivity contribution in [2.24, 2.45) is 0 Å². The van der Waals surface area contributed by atoms with Crippen molar-refractivity contribution in [1.29, 1.82) is 0 Å². The van der Waals surface area contributed by atoms with E-state index < -0.39 is 12.1 Å². The van der Waals surface area contributed by atoms with Crippen molar-refractivity contribution in [3.05, 3.63) is 71.3 Å². The van der Waals surface area contributed by atoms with Crippen LogP contribution in [-0.4, -0.2) is 29.5 Å². The molecule has 0 aliphatic carbocycles. The van der Waals surface area contributed by atoms with Gasteiger partial charge in [-0.1, -0.05) is 63.2 Å². The maximum atomic E-state index is 12.3. The van der Waals surface area contributed by atoms with E-state index in [2.05, 4.69) is 31.4 Å². The fourth-order valence-corrected chi connectivity index (χ4v) is 2.61. The Morgan fingerprint density at radius 1 is 1.00 bits per heavy atom. The summed E-state index contributed by atoms with van der Waals surface area (Å²) in [6.45, 7) is 8.03. The minimum atomic E-state index is -0.789. The maximum Gasteiger partial charge on any atom is 0.251 e. The largest absolute Gasteiger partial charge is 0.387 e. The van der Waals surface area contributed by atoms with E-state index in [1.165, 1.54) is 0 Å². The van der Waals surface area contributed by atoms with Gasteiger partial charge in [-0.2, -0.15) is 0 Å². The average molecular weight is 368 g/mol. The van der Waals surface area contributed by atoms with Gasteiger partial charge in [-0.25, -0.2) is 0 Å². The molecule has 0 aliphatic heterocycles. The molecule has 0 spiro atoms. The van der Waals surface area contributed by atoms with E-state index in [1.54, 1.807) is 31.2 Å². The minimum Gasteiger partial charge on any atom is -0.387 e. The molecule has 2 atom stereocenters. The Balaban J connectivity index is 1.87. The number of nitrogens with one attached hydrogen (secondary N) is 2. The summed E-state index contributed by atoms with van der Waals surface area (Å²) in [6.07, 6.45) is -0.789. The highest BCUT2D eigenvalue weighted by molar-refractivity contribution is 5.97. The number of carbonyl (C=O) groups is 2. The summed E-state index contributed by atoms with van der Waals surface area (Å²) in [5, 5.41) is 15.4. The van der Waals surface area contributed by atoms with Crippen molar-refractivity contribution in [3.63, 3.8) is 0 Å². The molecule has 0 aliphatic rings. The van der Waals surface area contributed by atoms with Gasteiger partial charge < -0.3 is 15.7 Å². The summed E-state index contributed by atoms with van der Waals surface area (Å²) in [5.74, 6) is -0.647. The van der Waals surface area contributed by atoms with E-state index in [0.717, 1.165) is 11.1 Å². The van der Waals surface area contributed by atoms with E-state index in [4.69, 9.17) is 0 Å². The SMILES string of the molecule is C[C@H](NC(=O)c1ccc(C(C)(C)C)cc1)C(=O)NCC(O)c1ccccc1. The molecule has 3 N–H and O–H groups in total. The zero-order valence-corrected chi connectivity index (χ0v) is 16.3. The van der Waals surface area contributed by atoms with Crippen LogP contribution in [0.25, 0.3) is 0 Å². The van der Waals surface area contributed by atoms with Crippen LogP contribution < -0.4 is 10.6 Å². The van der Waals surface area contributed by atoms with Gasteiger partial charge >= 0.3 is 0 Å². The molecule has 144 valence electrons. The van der Waals surface area contributed by atoms with Crippen molar-refractivity contribution < 1.29 is 14.7 Å². The molecule has 5 nitrogen and oxygen atoms in total. The summed E-state index contributed by atoms with van der Waals surface area (Å²) < 4.78 is 0. The summed E-state index contributed by atoms with van der Waals surface area (Å²) >= 11 is 0. The fourth-order valence-electron chi connectivity index (χ4n) is 2.61. The van der Waals surface area contributed by atoms with Gasteiger partial charge in [0.05, 0.1) is 6.10 Å². The van der Waals surface area contributed by atoms with Gasteiger partial charge in [0, 0.05) is 12.1 Å². The maximum absolute atomic E-state index is 12.3. The third kappa shape index (κ3) is 5.93. The third-order valence-electron chi connectivity index (χ3n) is 4.41. The predicted octanol–water partition coefficient (Wildman–Crippen LogP) is 2.95. The Labute approximate surface area is 160 Å². The average Bonchev–Trinajstić information content (AvgIpc) is 2.65. The summed E-state index contributed by atoms with van der Waals surface area (Å²) in [4.78, 5) is 24.5. The molecule has 0 saturated carbocycles. The van der Waals surface area contributed by atoms with Gasteiger partial charge in [-0.05, 0) is 35.6 Å². The molecule has 27 heavy (non-hydrogen) atoms. The first-order valence-electron chi connectivity index (χ1n) is 9.10. The molecule has 1 unspecified atom stereocenters. The van der Waals surface area contributed by atoms with E-state index in [-0.39, 0.29) is 23.8 Å². The second-order valence-electron chi connectivity index (χ2n) is 7.69. The fraction of sp³-hybridized carbons (Fsp3) is 0.364. The van der Waals surface area contributed by atoms with Crippen LogP contribution in [0, 0.1) is 0 Å². The zero-order chi connectivity index (χ0) is 20.0. The lowest BCUT2D eigenvalue weighted by Gasteiger charge is -2.19. The van der Waals surface area contributed by atoms with Crippen molar-refractivity contribution in [2.45, 2.75) is 45.3 Å².